The fraction of sp³-hybridized carbons (Fsp3) is 0.429. The van der Waals surface area contributed by atoms with Gasteiger partial charge in [-0.05, 0) is 12.8 Å². The summed E-state index contributed by atoms with van der Waals surface area (Å²) in [6.07, 6.45) is 2.63. The van der Waals surface area contributed by atoms with Gasteiger partial charge in [-0.2, -0.15) is 0 Å². The molecule has 106 valence electrons. The highest BCUT2D eigenvalue weighted by atomic mass is 16.6. The molecule has 6 nitrogen and oxygen atoms in total. The fourth-order valence-electron chi connectivity index (χ4n) is 2.73. The second-order valence-electron chi connectivity index (χ2n) is 5.01. The van der Waals surface area contributed by atoms with E-state index in [2.05, 4.69) is 0 Å². The first kappa shape index (κ1) is 14.2. The number of nitro benzene ring substituents is 1. The Labute approximate surface area is 115 Å². The van der Waals surface area contributed by atoms with Crippen molar-refractivity contribution in [1.82, 2.24) is 0 Å². The highest BCUT2D eigenvalue weighted by Gasteiger charge is 2.36. The first-order valence-electron chi connectivity index (χ1n) is 6.52. The predicted molar refractivity (Wildman–Crippen MR) is 70.5 cm³/mol. The molecule has 1 unspecified atom stereocenters. The van der Waals surface area contributed by atoms with Crippen molar-refractivity contribution in [3.63, 3.8) is 0 Å². The molecular formula is C14H15NO5. The number of nitrogens with zero attached hydrogens (tertiary/aromatic N) is 1. The molecule has 6 heteroatoms. The van der Waals surface area contributed by atoms with Crippen LogP contribution in [0.3, 0.4) is 0 Å². The third-order valence-electron chi connectivity index (χ3n) is 3.76. The Kier molecular flexibility index (Phi) is 4.12. The molecule has 2 atom stereocenters. The normalized spacial score (nSPS) is 22.2. The van der Waals surface area contributed by atoms with Gasteiger partial charge in [0.05, 0.1) is 10.8 Å². The Bertz CT molecular complexity index is 554. The van der Waals surface area contributed by atoms with Crippen LogP contribution in [0.15, 0.2) is 24.3 Å². The van der Waals surface area contributed by atoms with Gasteiger partial charge < -0.3 is 5.11 Å². The Hall–Kier alpha value is -2.24. The van der Waals surface area contributed by atoms with Crippen LogP contribution in [0.2, 0.25) is 0 Å². The third-order valence-corrected chi connectivity index (χ3v) is 3.76. The van der Waals surface area contributed by atoms with Crippen molar-refractivity contribution in [2.75, 3.05) is 0 Å². The van der Waals surface area contributed by atoms with E-state index in [0.717, 1.165) is 12.8 Å². The van der Waals surface area contributed by atoms with Crippen LogP contribution in [-0.2, 0) is 4.79 Å². The summed E-state index contributed by atoms with van der Waals surface area (Å²) in [7, 11) is 0. The van der Waals surface area contributed by atoms with Gasteiger partial charge in [0.1, 0.15) is 0 Å². The average molecular weight is 277 g/mol. The number of carboxylic acids is 1. The van der Waals surface area contributed by atoms with E-state index >= 15 is 0 Å². The van der Waals surface area contributed by atoms with E-state index < -0.39 is 22.7 Å². The highest BCUT2D eigenvalue weighted by Crippen LogP contribution is 2.33. The second kappa shape index (κ2) is 5.81. The largest absolute Gasteiger partial charge is 0.481 e. The molecule has 0 amide bonds. The number of aliphatic carboxylic acids is 1. The number of hydrogen-bond acceptors (Lipinski definition) is 4. The average Bonchev–Trinajstić information content (AvgIpc) is 2.46. The number of non-ortho nitro benzene ring substituents is 1. The SMILES string of the molecule is O=C(c1cccc([N+](=O)[O-])c1)C1CCCC[C@@H]1C(=O)O. The van der Waals surface area contributed by atoms with Gasteiger partial charge in [0.15, 0.2) is 5.78 Å². The summed E-state index contributed by atoms with van der Waals surface area (Å²) in [6.45, 7) is 0. The van der Waals surface area contributed by atoms with Crippen LogP contribution in [0.5, 0.6) is 0 Å². The molecule has 2 rings (SSSR count). The van der Waals surface area contributed by atoms with Crippen LogP contribution < -0.4 is 0 Å². The van der Waals surface area contributed by atoms with Gasteiger partial charge in [-0.3, -0.25) is 19.7 Å². The maximum atomic E-state index is 12.4. The molecule has 0 spiro atoms. The van der Waals surface area contributed by atoms with Crippen LogP contribution >= 0.6 is 0 Å². The number of carboxylic acid groups (broad SMARTS) is 1. The van der Waals surface area contributed by atoms with E-state index in [1.165, 1.54) is 24.3 Å². The van der Waals surface area contributed by atoms with Gasteiger partial charge >= 0.3 is 5.97 Å². The van der Waals surface area contributed by atoms with Crippen LogP contribution in [0, 0.1) is 22.0 Å². The van der Waals surface area contributed by atoms with E-state index in [-0.39, 0.29) is 17.0 Å². The number of Topliss-reactive ketones (excluding diaryl/α,β-unsaturated/α-hetero) is 1. The highest BCUT2D eigenvalue weighted by molar-refractivity contribution is 6.00. The van der Waals surface area contributed by atoms with Crippen molar-refractivity contribution < 1.29 is 19.6 Å². The number of hydrogen-bond donors (Lipinski definition) is 1. The number of benzene rings is 1. The first-order chi connectivity index (χ1) is 9.50. The van der Waals surface area contributed by atoms with Crippen molar-refractivity contribution in [2.45, 2.75) is 25.7 Å². The Morgan fingerprint density at radius 2 is 1.85 bits per heavy atom. The number of carbonyl (C=O) groups excluding carboxylic acids is 1. The Morgan fingerprint density at radius 3 is 2.45 bits per heavy atom. The lowest BCUT2D eigenvalue weighted by molar-refractivity contribution is -0.384. The monoisotopic (exact) mass is 277 g/mol. The van der Waals surface area contributed by atoms with Crippen molar-refractivity contribution in [3.8, 4) is 0 Å². The topological polar surface area (TPSA) is 97.5 Å². The summed E-state index contributed by atoms with van der Waals surface area (Å²) in [6, 6.07) is 5.48. The van der Waals surface area contributed by atoms with Gasteiger partial charge in [-0.1, -0.05) is 25.0 Å². The minimum atomic E-state index is -0.964. The molecule has 1 aliphatic rings. The van der Waals surface area contributed by atoms with Crippen LogP contribution in [0.25, 0.3) is 0 Å². The summed E-state index contributed by atoms with van der Waals surface area (Å²) in [5.41, 5.74) is 0.0656. The van der Waals surface area contributed by atoms with Crippen molar-refractivity contribution in [1.29, 1.82) is 0 Å². The summed E-state index contributed by atoms with van der Waals surface area (Å²) in [5, 5.41) is 19.9. The molecule has 1 saturated carbocycles. The minimum absolute atomic E-state index is 0.154. The number of nitro groups is 1. The minimum Gasteiger partial charge on any atom is -0.481 e. The Balaban J connectivity index is 2.27. The lowest BCUT2D eigenvalue weighted by atomic mass is 9.75. The van der Waals surface area contributed by atoms with Crippen LogP contribution in [0.4, 0.5) is 5.69 Å². The zero-order valence-corrected chi connectivity index (χ0v) is 10.8. The summed E-state index contributed by atoms with van der Waals surface area (Å²) < 4.78 is 0. The van der Waals surface area contributed by atoms with Gasteiger partial charge in [0.2, 0.25) is 0 Å². The lowest BCUT2D eigenvalue weighted by Crippen LogP contribution is -2.32. The molecule has 1 fully saturated rings. The van der Waals surface area contributed by atoms with E-state index in [0.29, 0.717) is 12.8 Å². The van der Waals surface area contributed by atoms with Gasteiger partial charge in [-0.25, -0.2) is 0 Å². The molecule has 1 aromatic carbocycles. The number of rotatable bonds is 4. The molecule has 1 aromatic rings. The summed E-state index contributed by atoms with van der Waals surface area (Å²) in [5.74, 6) is -2.53. The number of carbonyl (C=O) groups is 2. The maximum absolute atomic E-state index is 12.4. The van der Waals surface area contributed by atoms with Crippen molar-refractivity contribution >= 4 is 17.4 Å². The van der Waals surface area contributed by atoms with Crippen LogP contribution in [-0.4, -0.2) is 21.8 Å². The van der Waals surface area contributed by atoms with Crippen molar-refractivity contribution in [3.05, 3.63) is 39.9 Å². The second-order valence-corrected chi connectivity index (χ2v) is 5.01. The fourth-order valence-corrected chi connectivity index (χ4v) is 2.73. The number of ketones is 1. The molecule has 0 radical (unpaired) electrons. The zero-order valence-electron chi connectivity index (χ0n) is 10.8. The van der Waals surface area contributed by atoms with E-state index in [4.69, 9.17) is 0 Å². The Morgan fingerprint density at radius 1 is 1.20 bits per heavy atom. The van der Waals surface area contributed by atoms with E-state index in [1.807, 2.05) is 0 Å². The lowest BCUT2D eigenvalue weighted by Gasteiger charge is -2.27. The molecule has 0 aromatic heterocycles. The van der Waals surface area contributed by atoms with E-state index in [9.17, 15) is 24.8 Å². The van der Waals surface area contributed by atoms with Gasteiger partial charge in [0, 0.05) is 23.6 Å². The van der Waals surface area contributed by atoms with Gasteiger partial charge in [0.25, 0.3) is 5.69 Å². The zero-order chi connectivity index (χ0) is 14.7. The van der Waals surface area contributed by atoms with Crippen LogP contribution in [0.1, 0.15) is 36.0 Å². The predicted octanol–water partition coefficient (Wildman–Crippen LogP) is 2.67. The first-order valence-corrected chi connectivity index (χ1v) is 6.52. The maximum Gasteiger partial charge on any atom is 0.307 e. The standard InChI is InChI=1S/C14H15NO5/c16-13(9-4-3-5-10(8-9)15(19)20)11-6-1-2-7-12(11)14(17)18/h3-5,8,11-12H,1-2,6-7H2,(H,17,18)/t11?,12-/m0/s1. The third kappa shape index (κ3) is 2.84. The molecule has 0 bridgehead atoms. The summed E-state index contributed by atoms with van der Waals surface area (Å²) in [4.78, 5) is 33.8. The molecule has 0 saturated heterocycles. The molecule has 0 heterocycles. The molecule has 0 aliphatic heterocycles. The molecular weight excluding hydrogens is 262 g/mol. The molecule has 1 aliphatic carbocycles. The molecule has 20 heavy (non-hydrogen) atoms. The quantitative estimate of drug-likeness (QED) is 0.518. The summed E-state index contributed by atoms with van der Waals surface area (Å²) >= 11 is 0. The van der Waals surface area contributed by atoms with E-state index in [1.54, 1.807) is 0 Å². The molecule has 1 N–H and O–H groups in total. The smallest absolute Gasteiger partial charge is 0.307 e. The van der Waals surface area contributed by atoms with Crippen molar-refractivity contribution in [2.24, 2.45) is 11.8 Å². The van der Waals surface area contributed by atoms with Gasteiger partial charge in [-0.15, -0.1) is 0 Å².